The third kappa shape index (κ3) is 5.61. The van der Waals surface area contributed by atoms with Crippen LogP contribution in [0.4, 0.5) is 0 Å². The minimum absolute atomic E-state index is 0.343. The average molecular weight is 396 g/mol. The fourth-order valence-corrected chi connectivity index (χ4v) is 2.84. The first kappa shape index (κ1) is 16.6. The van der Waals surface area contributed by atoms with Crippen LogP contribution >= 0.6 is 22.6 Å². The molecule has 1 aromatic rings. The second kappa shape index (κ2) is 7.39. The summed E-state index contributed by atoms with van der Waals surface area (Å²) >= 11 is 2.02. The van der Waals surface area contributed by atoms with E-state index in [1.807, 2.05) is 22.6 Å². The van der Waals surface area contributed by atoms with E-state index >= 15 is 0 Å². The number of hydrogen-bond donors (Lipinski definition) is 1. The number of aromatic amines is 1. The van der Waals surface area contributed by atoms with Gasteiger partial charge in [-0.1, -0.05) is 19.6 Å². The summed E-state index contributed by atoms with van der Waals surface area (Å²) in [5, 5.41) is 6.88. The number of hydrogen-bond acceptors (Lipinski definition) is 4. The molecule has 5 nitrogen and oxygen atoms in total. The zero-order valence-electron chi connectivity index (χ0n) is 11.9. The highest BCUT2D eigenvalue weighted by Crippen LogP contribution is 2.16. The molecule has 1 N–H and O–H groups in total. The topological polar surface area (TPSA) is 64.2 Å². The van der Waals surface area contributed by atoms with Gasteiger partial charge in [-0.05, 0) is 35.6 Å². The maximum Gasteiger partial charge on any atom is 0.342 e. The highest BCUT2D eigenvalue weighted by Gasteiger charge is 2.20. The molecule has 0 aliphatic rings. The number of carbonyl (C=O) groups excluding carboxylic acids is 1. The number of halogens is 1. The molecule has 0 aliphatic carbocycles. The van der Waals surface area contributed by atoms with E-state index in [-0.39, 0.29) is 5.97 Å². The van der Waals surface area contributed by atoms with Crippen molar-refractivity contribution in [2.24, 2.45) is 0 Å². The largest absolute Gasteiger partial charge is 0.462 e. The first-order valence-corrected chi connectivity index (χ1v) is 11.1. The van der Waals surface area contributed by atoms with Crippen LogP contribution in [0.5, 0.6) is 0 Å². The van der Waals surface area contributed by atoms with Crippen molar-refractivity contribution >= 4 is 36.6 Å². The molecule has 0 spiro atoms. The molecule has 1 aromatic heterocycles. The summed E-state index contributed by atoms with van der Waals surface area (Å²) < 4.78 is 11.3. The predicted octanol–water partition coefficient (Wildman–Crippen LogP) is 3.05. The van der Waals surface area contributed by atoms with Crippen LogP contribution < -0.4 is 0 Å². The summed E-state index contributed by atoms with van der Waals surface area (Å²) in [6.07, 6.45) is 0. The zero-order chi connectivity index (χ0) is 14.5. The van der Waals surface area contributed by atoms with Gasteiger partial charge in [-0.15, -0.1) is 0 Å². The maximum atomic E-state index is 11.8. The van der Waals surface area contributed by atoms with E-state index in [0.717, 1.165) is 6.04 Å². The maximum absolute atomic E-state index is 11.8. The van der Waals surface area contributed by atoms with E-state index in [9.17, 15) is 4.79 Å². The van der Waals surface area contributed by atoms with Crippen LogP contribution in [0, 0.1) is 3.70 Å². The molecule has 0 saturated carbocycles. The molecule has 1 heterocycles. The summed E-state index contributed by atoms with van der Waals surface area (Å²) in [7, 11) is -1.08. The van der Waals surface area contributed by atoms with Crippen molar-refractivity contribution in [3.05, 3.63) is 15.0 Å². The Hall–Kier alpha value is -0.413. The molecule has 1 rings (SSSR count). The minimum Gasteiger partial charge on any atom is -0.462 e. The van der Waals surface area contributed by atoms with Crippen molar-refractivity contribution in [3.8, 4) is 0 Å². The Morgan fingerprint density at radius 3 is 2.68 bits per heavy atom. The van der Waals surface area contributed by atoms with Gasteiger partial charge < -0.3 is 9.47 Å². The van der Waals surface area contributed by atoms with E-state index in [0.29, 0.717) is 34.8 Å². The van der Waals surface area contributed by atoms with Crippen LogP contribution in [0.3, 0.4) is 0 Å². The molecule has 0 aliphatic heterocycles. The second-order valence-electron chi connectivity index (χ2n) is 5.45. The molecular formula is C12H21IN2O3Si. The van der Waals surface area contributed by atoms with Gasteiger partial charge in [-0.2, -0.15) is 5.10 Å². The first-order valence-electron chi connectivity index (χ1n) is 6.32. The van der Waals surface area contributed by atoms with Gasteiger partial charge in [0.1, 0.15) is 9.26 Å². The summed E-state index contributed by atoms with van der Waals surface area (Å²) in [6, 6.07) is 1.10. The number of rotatable bonds is 7. The molecule has 108 valence electrons. The molecule has 0 unspecified atom stereocenters. The van der Waals surface area contributed by atoms with Crippen LogP contribution in [0.15, 0.2) is 0 Å². The lowest BCUT2D eigenvalue weighted by molar-refractivity contribution is 0.0518. The van der Waals surface area contributed by atoms with Crippen molar-refractivity contribution in [1.82, 2.24) is 10.2 Å². The lowest BCUT2D eigenvalue weighted by Crippen LogP contribution is -2.21. The summed E-state index contributed by atoms with van der Waals surface area (Å²) in [5.41, 5.74) is 1.19. The zero-order valence-corrected chi connectivity index (χ0v) is 15.0. The normalized spacial score (nSPS) is 11.6. The van der Waals surface area contributed by atoms with Crippen LogP contribution in [0.25, 0.3) is 0 Å². The Morgan fingerprint density at radius 2 is 2.11 bits per heavy atom. The lowest BCUT2D eigenvalue weighted by Gasteiger charge is -2.15. The summed E-state index contributed by atoms with van der Waals surface area (Å²) in [4.78, 5) is 11.8. The van der Waals surface area contributed by atoms with Gasteiger partial charge >= 0.3 is 5.97 Å². The van der Waals surface area contributed by atoms with Gasteiger partial charge in [-0.3, -0.25) is 5.10 Å². The van der Waals surface area contributed by atoms with Crippen molar-refractivity contribution in [1.29, 1.82) is 0 Å². The number of nitrogens with zero attached hydrogens (tertiary/aromatic N) is 1. The van der Waals surface area contributed by atoms with Gasteiger partial charge in [0, 0.05) is 14.7 Å². The highest BCUT2D eigenvalue weighted by molar-refractivity contribution is 14.1. The van der Waals surface area contributed by atoms with Crippen molar-refractivity contribution < 1.29 is 14.3 Å². The van der Waals surface area contributed by atoms with Crippen LogP contribution in [0.1, 0.15) is 23.0 Å². The van der Waals surface area contributed by atoms with Crippen molar-refractivity contribution in [2.45, 2.75) is 39.2 Å². The number of nitrogens with one attached hydrogen (secondary N) is 1. The van der Waals surface area contributed by atoms with Crippen molar-refractivity contribution in [2.75, 3.05) is 13.2 Å². The SMILES string of the molecule is CCOC(=O)c1c(I)n[nH]c1COCC[Si](C)(C)C. The smallest absolute Gasteiger partial charge is 0.342 e. The van der Waals surface area contributed by atoms with Crippen LogP contribution in [-0.4, -0.2) is 37.5 Å². The Morgan fingerprint density at radius 1 is 1.42 bits per heavy atom. The Balaban J connectivity index is 2.57. The molecule has 0 atom stereocenters. The standard InChI is InChI=1S/C12H21IN2O3Si/c1-5-18-12(16)10-9(14-15-11(10)13)8-17-6-7-19(2,3)4/h5-8H2,1-4H3,(H,14,15). The molecular weight excluding hydrogens is 375 g/mol. The molecule has 7 heteroatoms. The van der Waals surface area contributed by atoms with Crippen molar-refractivity contribution in [3.63, 3.8) is 0 Å². The number of esters is 1. The number of carbonyl (C=O) groups is 1. The number of ether oxygens (including phenoxy) is 2. The van der Waals surface area contributed by atoms with Gasteiger partial charge in [0.05, 0.1) is 18.9 Å². The molecule has 0 bridgehead atoms. The fourth-order valence-electron chi connectivity index (χ4n) is 1.42. The van der Waals surface area contributed by atoms with E-state index in [4.69, 9.17) is 9.47 Å². The van der Waals surface area contributed by atoms with E-state index in [1.54, 1.807) is 6.92 Å². The van der Waals surface area contributed by atoms with Gasteiger partial charge in [0.25, 0.3) is 0 Å². The Kier molecular flexibility index (Phi) is 6.47. The summed E-state index contributed by atoms with van der Waals surface area (Å²) in [5.74, 6) is -0.343. The fraction of sp³-hybridized carbons (Fsp3) is 0.667. The molecule has 0 aromatic carbocycles. The third-order valence-corrected chi connectivity index (χ3v) is 5.00. The molecule has 0 fully saturated rings. The molecule has 0 radical (unpaired) electrons. The molecule has 0 saturated heterocycles. The monoisotopic (exact) mass is 396 g/mol. The minimum atomic E-state index is -1.08. The summed E-state index contributed by atoms with van der Waals surface area (Å²) in [6.45, 7) is 10.1. The van der Waals surface area contributed by atoms with Gasteiger partial charge in [0.2, 0.25) is 0 Å². The lowest BCUT2D eigenvalue weighted by atomic mass is 10.2. The average Bonchev–Trinajstić information content (AvgIpc) is 2.65. The van der Waals surface area contributed by atoms with E-state index in [2.05, 4.69) is 29.8 Å². The molecule has 19 heavy (non-hydrogen) atoms. The Labute approximate surface area is 128 Å². The first-order chi connectivity index (χ1) is 8.85. The van der Waals surface area contributed by atoms with Crippen LogP contribution in [-0.2, 0) is 16.1 Å². The van der Waals surface area contributed by atoms with E-state index in [1.165, 1.54) is 0 Å². The highest BCUT2D eigenvalue weighted by atomic mass is 127. The Bertz CT molecular complexity index is 429. The van der Waals surface area contributed by atoms with E-state index < -0.39 is 8.07 Å². The number of aromatic nitrogens is 2. The third-order valence-electron chi connectivity index (χ3n) is 2.52. The predicted molar refractivity (Wildman–Crippen MR) is 85.1 cm³/mol. The van der Waals surface area contributed by atoms with Gasteiger partial charge in [0.15, 0.2) is 0 Å². The quantitative estimate of drug-likeness (QED) is 0.333. The van der Waals surface area contributed by atoms with Crippen LogP contribution in [0.2, 0.25) is 25.7 Å². The molecule has 0 amide bonds. The van der Waals surface area contributed by atoms with Gasteiger partial charge in [-0.25, -0.2) is 4.79 Å². The number of H-pyrrole nitrogens is 1. The second-order valence-corrected chi connectivity index (χ2v) is 12.1.